The van der Waals surface area contributed by atoms with E-state index in [9.17, 15) is 9.59 Å². The topological polar surface area (TPSA) is 71.1 Å². The second kappa shape index (κ2) is 7.85. The molecule has 0 unspecified atom stereocenters. The second-order valence-corrected chi connectivity index (χ2v) is 6.76. The van der Waals surface area contributed by atoms with E-state index < -0.39 is 5.91 Å². The van der Waals surface area contributed by atoms with Crippen molar-refractivity contribution in [2.24, 2.45) is 0 Å². The van der Waals surface area contributed by atoms with E-state index in [1.807, 2.05) is 0 Å². The van der Waals surface area contributed by atoms with Crippen LogP contribution in [0.1, 0.15) is 46.7 Å². The Morgan fingerprint density at radius 1 is 0.960 bits per heavy atom. The molecular weight excluding hydrogens is 361 g/mol. The molecule has 1 aliphatic carbocycles. The molecule has 0 aliphatic heterocycles. The summed E-state index contributed by atoms with van der Waals surface area (Å²) in [6.07, 6.45) is 4.24. The van der Waals surface area contributed by atoms with Crippen LogP contribution in [0.5, 0.6) is 0 Å². The normalized spacial score (nSPS) is 14.3. The molecule has 0 spiro atoms. The van der Waals surface area contributed by atoms with Gasteiger partial charge in [-0.2, -0.15) is 0 Å². The second-order valence-electron chi connectivity index (χ2n) is 5.95. The molecule has 7 heteroatoms. The summed E-state index contributed by atoms with van der Waals surface area (Å²) in [5, 5.41) is 6.40. The summed E-state index contributed by atoms with van der Waals surface area (Å²) in [6.45, 7) is 0. The first-order valence-corrected chi connectivity index (χ1v) is 8.83. The van der Waals surface area contributed by atoms with Crippen molar-refractivity contribution in [3.8, 4) is 0 Å². The fraction of sp³-hybridized carbons (Fsp3) is 0.278. The summed E-state index contributed by atoms with van der Waals surface area (Å²) < 4.78 is 0. The number of benzene rings is 1. The highest BCUT2D eigenvalue weighted by Gasteiger charge is 2.19. The van der Waals surface area contributed by atoms with Gasteiger partial charge in [-0.1, -0.05) is 42.1 Å². The number of nitrogens with one attached hydrogen (secondary N) is 2. The van der Waals surface area contributed by atoms with Crippen molar-refractivity contribution in [2.45, 2.75) is 31.7 Å². The minimum absolute atomic E-state index is 0.158. The fourth-order valence-corrected chi connectivity index (χ4v) is 3.08. The highest BCUT2D eigenvalue weighted by Crippen LogP contribution is 2.25. The van der Waals surface area contributed by atoms with Crippen molar-refractivity contribution in [2.75, 3.05) is 5.32 Å². The number of halogens is 2. The van der Waals surface area contributed by atoms with E-state index in [0.717, 1.165) is 25.7 Å². The molecule has 0 bridgehead atoms. The lowest BCUT2D eigenvalue weighted by atomic mass is 10.2. The third-order valence-corrected chi connectivity index (χ3v) is 4.82. The Morgan fingerprint density at radius 3 is 2.32 bits per heavy atom. The molecule has 25 heavy (non-hydrogen) atoms. The van der Waals surface area contributed by atoms with Crippen LogP contribution in [0.15, 0.2) is 36.4 Å². The molecule has 1 aromatic heterocycles. The van der Waals surface area contributed by atoms with Crippen LogP contribution >= 0.6 is 23.2 Å². The molecule has 1 aliphatic rings. The number of hydrogen-bond donors (Lipinski definition) is 2. The number of carbonyl (C=O) groups excluding carboxylic acids is 2. The van der Waals surface area contributed by atoms with Crippen LogP contribution in [0, 0.1) is 0 Å². The Morgan fingerprint density at radius 2 is 1.64 bits per heavy atom. The maximum atomic E-state index is 12.3. The average molecular weight is 378 g/mol. The molecule has 2 amide bonds. The summed E-state index contributed by atoms with van der Waals surface area (Å²) in [5.74, 6) is -0.676. The number of amides is 2. The summed E-state index contributed by atoms with van der Waals surface area (Å²) in [7, 11) is 0. The van der Waals surface area contributed by atoms with Gasteiger partial charge in [0.15, 0.2) is 0 Å². The first kappa shape index (κ1) is 17.7. The smallest absolute Gasteiger partial charge is 0.274 e. The van der Waals surface area contributed by atoms with Crippen LogP contribution in [0.2, 0.25) is 10.0 Å². The summed E-state index contributed by atoms with van der Waals surface area (Å²) >= 11 is 11.8. The maximum Gasteiger partial charge on any atom is 0.274 e. The molecule has 130 valence electrons. The van der Waals surface area contributed by atoms with Gasteiger partial charge in [-0.25, -0.2) is 4.98 Å². The Balaban J connectivity index is 1.70. The van der Waals surface area contributed by atoms with E-state index in [2.05, 4.69) is 15.6 Å². The Hall–Kier alpha value is -2.11. The number of aromatic nitrogens is 1. The zero-order valence-corrected chi connectivity index (χ0v) is 14.9. The largest absolute Gasteiger partial charge is 0.348 e. The van der Waals surface area contributed by atoms with Crippen molar-refractivity contribution < 1.29 is 9.59 Å². The zero-order chi connectivity index (χ0) is 17.8. The molecule has 1 saturated carbocycles. The van der Waals surface area contributed by atoms with Crippen molar-refractivity contribution >= 4 is 40.7 Å². The van der Waals surface area contributed by atoms with E-state index in [-0.39, 0.29) is 23.3 Å². The van der Waals surface area contributed by atoms with Crippen LogP contribution in [-0.4, -0.2) is 22.8 Å². The summed E-state index contributed by atoms with van der Waals surface area (Å²) in [4.78, 5) is 28.8. The van der Waals surface area contributed by atoms with E-state index >= 15 is 0 Å². The third kappa shape index (κ3) is 4.50. The van der Waals surface area contributed by atoms with Crippen molar-refractivity contribution in [3.05, 3.63) is 57.8 Å². The Kier molecular flexibility index (Phi) is 5.56. The minimum atomic E-state index is -0.422. The van der Waals surface area contributed by atoms with Crippen LogP contribution in [0.4, 0.5) is 5.69 Å². The van der Waals surface area contributed by atoms with Crippen LogP contribution in [0.25, 0.3) is 0 Å². The summed E-state index contributed by atoms with van der Waals surface area (Å²) in [6, 6.07) is 9.78. The number of carbonyl (C=O) groups is 2. The molecule has 1 fully saturated rings. The lowest BCUT2D eigenvalue weighted by Crippen LogP contribution is -2.33. The van der Waals surface area contributed by atoms with Gasteiger partial charge in [-0.15, -0.1) is 0 Å². The van der Waals surface area contributed by atoms with Gasteiger partial charge in [0.2, 0.25) is 0 Å². The van der Waals surface area contributed by atoms with Gasteiger partial charge in [0.05, 0.1) is 10.0 Å². The molecule has 2 aromatic rings. The lowest BCUT2D eigenvalue weighted by Gasteiger charge is -2.12. The van der Waals surface area contributed by atoms with Crippen LogP contribution < -0.4 is 10.6 Å². The number of hydrogen-bond acceptors (Lipinski definition) is 3. The Labute approximate surface area is 155 Å². The van der Waals surface area contributed by atoms with Gasteiger partial charge in [0, 0.05) is 11.7 Å². The van der Waals surface area contributed by atoms with Gasteiger partial charge in [-0.05, 0) is 43.2 Å². The maximum absolute atomic E-state index is 12.3. The van der Waals surface area contributed by atoms with Gasteiger partial charge in [0.1, 0.15) is 11.4 Å². The minimum Gasteiger partial charge on any atom is -0.348 e. The Bertz CT molecular complexity index is 805. The van der Waals surface area contributed by atoms with Crippen molar-refractivity contribution in [1.29, 1.82) is 0 Å². The molecule has 0 saturated heterocycles. The molecule has 0 atom stereocenters. The molecule has 1 aromatic carbocycles. The zero-order valence-electron chi connectivity index (χ0n) is 13.4. The van der Waals surface area contributed by atoms with Gasteiger partial charge >= 0.3 is 0 Å². The number of pyridine rings is 1. The van der Waals surface area contributed by atoms with Gasteiger partial charge < -0.3 is 10.6 Å². The molecule has 3 rings (SSSR count). The van der Waals surface area contributed by atoms with Gasteiger partial charge in [0.25, 0.3) is 11.8 Å². The first-order chi connectivity index (χ1) is 12.0. The lowest BCUT2D eigenvalue weighted by molar-refractivity contribution is 0.0932. The van der Waals surface area contributed by atoms with Crippen molar-refractivity contribution in [1.82, 2.24) is 10.3 Å². The average Bonchev–Trinajstić information content (AvgIpc) is 3.11. The number of anilines is 1. The predicted molar refractivity (Wildman–Crippen MR) is 98.4 cm³/mol. The van der Waals surface area contributed by atoms with Gasteiger partial charge in [-0.3, -0.25) is 9.59 Å². The molecular formula is C18H17Cl2N3O2. The SMILES string of the molecule is O=C(Nc1ccc(Cl)c(Cl)c1)c1cccc(C(=O)NC2CCCC2)n1. The van der Waals surface area contributed by atoms with E-state index in [4.69, 9.17) is 23.2 Å². The van der Waals surface area contributed by atoms with E-state index in [1.165, 1.54) is 0 Å². The number of nitrogens with zero attached hydrogens (tertiary/aromatic N) is 1. The summed E-state index contributed by atoms with van der Waals surface area (Å²) in [5.41, 5.74) is 0.890. The van der Waals surface area contributed by atoms with Crippen LogP contribution in [0.3, 0.4) is 0 Å². The van der Waals surface area contributed by atoms with E-state index in [0.29, 0.717) is 15.7 Å². The highest BCUT2D eigenvalue weighted by molar-refractivity contribution is 6.42. The molecule has 5 nitrogen and oxygen atoms in total. The molecule has 2 N–H and O–H groups in total. The standard InChI is InChI=1S/C18H17Cl2N3O2/c19-13-9-8-12(10-14(13)20)22-18(25)16-7-3-6-15(23-16)17(24)21-11-4-1-2-5-11/h3,6-11H,1-2,4-5H2,(H,21,24)(H,22,25). The third-order valence-electron chi connectivity index (χ3n) is 4.08. The van der Waals surface area contributed by atoms with E-state index in [1.54, 1.807) is 36.4 Å². The predicted octanol–water partition coefficient (Wildman–Crippen LogP) is 4.31. The van der Waals surface area contributed by atoms with Crippen LogP contribution in [-0.2, 0) is 0 Å². The molecule has 0 radical (unpaired) electrons. The highest BCUT2D eigenvalue weighted by atomic mass is 35.5. The quantitative estimate of drug-likeness (QED) is 0.833. The van der Waals surface area contributed by atoms with Crippen molar-refractivity contribution in [3.63, 3.8) is 0 Å². The molecule has 1 heterocycles. The fourth-order valence-electron chi connectivity index (χ4n) is 2.79. The monoisotopic (exact) mass is 377 g/mol. The number of rotatable bonds is 4. The first-order valence-electron chi connectivity index (χ1n) is 8.07.